The molecule has 0 spiro atoms. The molecule has 1 aliphatic carbocycles. The second kappa shape index (κ2) is 5.56. The summed E-state index contributed by atoms with van der Waals surface area (Å²) in [5, 5.41) is 0. The molecule has 0 N–H and O–H groups in total. The standard InChI is InChI=1S/C18H22O/c1-14-8-7-13-18(2,3)16(14)11-12-17(19)15-9-5-4-6-10-15/h4-6,9-12H,7-8,13H2,1-3H3/b12-11+. The largest absolute Gasteiger partial charge is 0.289 e. The van der Waals surface area contributed by atoms with Crippen molar-refractivity contribution < 1.29 is 4.79 Å². The molecular formula is C18H22O. The van der Waals surface area contributed by atoms with Gasteiger partial charge in [-0.05, 0) is 43.3 Å². The van der Waals surface area contributed by atoms with Crippen molar-refractivity contribution in [1.82, 2.24) is 0 Å². The summed E-state index contributed by atoms with van der Waals surface area (Å²) >= 11 is 0. The van der Waals surface area contributed by atoms with Crippen LogP contribution < -0.4 is 0 Å². The maximum absolute atomic E-state index is 12.1. The fourth-order valence-corrected chi connectivity index (χ4v) is 2.87. The molecule has 1 aliphatic rings. The second-order valence-electron chi connectivity index (χ2n) is 6.00. The SMILES string of the molecule is CC1=C(/C=C/C(=O)c2ccccc2)C(C)(C)CCC1. The first-order chi connectivity index (χ1) is 9.00. The third-order valence-electron chi connectivity index (χ3n) is 4.00. The van der Waals surface area contributed by atoms with E-state index >= 15 is 0 Å². The van der Waals surface area contributed by atoms with Crippen molar-refractivity contribution in [3.05, 3.63) is 59.2 Å². The van der Waals surface area contributed by atoms with Crippen LogP contribution in [0.2, 0.25) is 0 Å². The molecule has 0 heterocycles. The van der Waals surface area contributed by atoms with Crippen LogP contribution in [0.1, 0.15) is 50.4 Å². The van der Waals surface area contributed by atoms with Crippen molar-refractivity contribution in [3.63, 3.8) is 0 Å². The number of ketones is 1. The molecule has 1 heteroatoms. The Hall–Kier alpha value is -1.63. The van der Waals surface area contributed by atoms with E-state index in [1.807, 2.05) is 36.4 Å². The van der Waals surface area contributed by atoms with Crippen LogP contribution in [0, 0.1) is 5.41 Å². The number of carbonyl (C=O) groups is 1. The predicted molar refractivity (Wildman–Crippen MR) is 80.2 cm³/mol. The molecule has 0 radical (unpaired) electrons. The van der Waals surface area contributed by atoms with Crippen molar-refractivity contribution in [3.8, 4) is 0 Å². The van der Waals surface area contributed by atoms with Gasteiger partial charge in [0.15, 0.2) is 5.78 Å². The summed E-state index contributed by atoms with van der Waals surface area (Å²) in [5.74, 6) is 0.0854. The molecule has 1 aromatic carbocycles. The lowest BCUT2D eigenvalue weighted by atomic mass is 9.72. The summed E-state index contributed by atoms with van der Waals surface area (Å²) in [7, 11) is 0. The monoisotopic (exact) mass is 254 g/mol. The minimum Gasteiger partial charge on any atom is -0.289 e. The molecule has 1 nitrogen and oxygen atoms in total. The minimum atomic E-state index is 0.0854. The average molecular weight is 254 g/mol. The normalized spacial score (nSPS) is 18.9. The molecule has 2 rings (SSSR count). The Kier molecular flexibility index (Phi) is 4.04. The van der Waals surface area contributed by atoms with Gasteiger partial charge < -0.3 is 0 Å². The second-order valence-corrected chi connectivity index (χ2v) is 6.00. The van der Waals surface area contributed by atoms with Crippen molar-refractivity contribution in [1.29, 1.82) is 0 Å². The average Bonchev–Trinajstić information content (AvgIpc) is 2.38. The Morgan fingerprint density at radius 1 is 1.21 bits per heavy atom. The molecular weight excluding hydrogens is 232 g/mol. The summed E-state index contributed by atoms with van der Waals surface area (Å²) in [6.45, 7) is 6.72. The maximum atomic E-state index is 12.1. The zero-order valence-electron chi connectivity index (χ0n) is 12.1. The third-order valence-corrected chi connectivity index (χ3v) is 4.00. The van der Waals surface area contributed by atoms with Gasteiger partial charge in [-0.25, -0.2) is 0 Å². The van der Waals surface area contributed by atoms with Gasteiger partial charge >= 0.3 is 0 Å². The van der Waals surface area contributed by atoms with Gasteiger partial charge in [0.05, 0.1) is 0 Å². The highest BCUT2D eigenvalue weighted by Gasteiger charge is 2.26. The molecule has 0 saturated carbocycles. The Morgan fingerprint density at radius 3 is 2.53 bits per heavy atom. The van der Waals surface area contributed by atoms with Crippen molar-refractivity contribution in [2.24, 2.45) is 5.41 Å². The number of rotatable bonds is 3. The summed E-state index contributed by atoms with van der Waals surface area (Å²) in [5.41, 5.74) is 3.71. The van der Waals surface area contributed by atoms with E-state index in [0.717, 1.165) is 12.0 Å². The molecule has 0 bridgehead atoms. The Morgan fingerprint density at radius 2 is 1.89 bits per heavy atom. The number of allylic oxidation sites excluding steroid dienone is 4. The molecule has 0 aliphatic heterocycles. The van der Waals surface area contributed by atoms with E-state index < -0.39 is 0 Å². The Labute approximate surface area is 116 Å². The molecule has 19 heavy (non-hydrogen) atoms. The van der Waals surface area contributed by atoms with Gasteiger partial charge in [-0.3, -0.25) is 4.79 Å². The maximum Gasteiger partial charge on any atom is 0.185 e. The fourth-order valence-electron chi connectivity index (χ4n) is 2.87. The van der Waals surface area contributed by atoms with Crippen molar-refractivity contribution in [2.75, 3.05) is 0 Å². The highest BCUT2D eigenvalue weighted by molar-refractivity contribution is 6.04. The summed E-state index contributed by atoms with van der Waals surface area (Å²) < 4.78 is 0. The van der Waals surface area contributed by atoms with E-state index in [1.54, 1.807) is 6.08 Å². The zero-order chi connectivity index (χ0) is 13.9. The highest BCUT2D eigenvalue weighted by atomic mass is 16.1. The quantitative estimate of drug-likeness (QED) is 0.551. The number of benzene rings is 1. The molecule has 0 fully saturated rings. The van der Waals surface area contributed by atoms with E-state index in [2.05, 4.69) is 20.8 Å². The van der Waals surface area contributed by atoms with Crippen LogP contribution in [0.25, 0.3) is 0 Å². The van der Waals surface area contributed by atoms with E-state index in [1.165, 1.54) is 24.0 Å². The molecule has 0 unspecified atom stereocenters. The van der Waals surface area contributed by atoms with Crippen LogP contribution >= 0.6 is 0 Å². The van der Waals surface area contributed by atoms with Gasteiger partial charge in [-0.1, -0.05) is 55.8 Å². The molecule has 0 atom stereocenters. The van der Waals surface area contributed by atoms with Gasteiger partial charge in [-0.2, -0.15) is 0 Å². The Bertz CT molecular complexity index is 518. The number of hydrogen-bond donors (Lipinski definition) is 0. The molecule has 1 aromatic rings. The first-order valence-electron chi connectivity index (χ1n) is 6.98. The van der Waals surface area contributed by atoms with E-state index in [4.69, 9.17) is 0 Å². The van der Waals surface area contributed by atoms with Gasteiger partial charge in [0.2, 0.25) is 0 Å². The molecule has 0 aromatic heterocycles. The molecule has 0 amide bonds. The lowest BCUT2D eigenvalue weighted by Gasteiger charge is -2.32. The van der Waals surface area contributed by atoms with Crippen LogP contribution in [-0.2, 0) is 0 Å². The smallest absolute Gasteiger partial charge is 0.185 e. The summed E-state index contributed by atoms with van der Waals surface area (Å²) in [4.78, 5) is 12.1. The number of hydrogen-bond acceptors (Lipinski definition) is 1. The Balaban J connectivity index is 2.21. The van der Waals surface area contributed by atoms with Gasteiger partial charge in [0.25, 0.3) is 0 Å². The lowest BCUT2D eigenvalue weighted by molar-refractivity contribution is 0.104. The van der Waals surface area contributed by atoms with Crippen LogP contribution in [-0.4, -0.2) is 5.78 Å². The first-order valence-corrected chi connectivity index (χ1v) is 6.98. The van der Waals surface area contributed by atoms with Crippen LogP contribution in [0.4, 0.5) is 0 Å². The minimum absolute atomic E-state index is 0.0854. The van der Waals surface area contributed by atoms with E-state index in [9.17, 15) is 4.79 Å². The van der Waals surface area contributed by atoms with Crippen LogP contribution in [0.3, 0.4) is 0 Å². The fraction of sp³-hybridized carbons (Fsp3) is 0.389. The summed E-state index contributed by atoms with van der Waals surface area (Å²) in [6, 6.07) is 9.45. The van der Waals surface area contributed by atoms with E-state index in [-0.39, 0.29) is 11.2 Å². The van der Waals surface area contributed by atoms with Gasteiger partial charge in [0.1, 0.15) is 0 Å². The van der Waals surface area contributed by atoms with Crippen LogP contribution in [0.15, 0.2) is 53.6 Å². The third kappa shape index (κ3) is 3.23. The number of carbonyl (C=O) groups excluding carboxylic acids is 1. The van der Waals surface area contributed by atoms with Crippen molar-refractivity contribution >= 4 is 5.78 Å². The van der Waals surface area contributed by atoms with Gasteiger partial charge in [0, 0.05) is 5.56 Å². The first kappa shape index (κ1) is 13.8. The van der Waals surface area contributed by atoms with Crippen molar-refractivity contribution in [2.45, 2.75) is 40.0 Å². The topological polar surface area (TPSA) is 17.1 Å². The van der Waals surface area contributed by atoms with E-state index in [0.29, 0.717) is 0 Å². The van der Waals surface area contributed by atoms with Crippen LogP contribution in [0.5, 0.6) is 0 Å². The highest BCUT2D eigenvalue weighted by Crippen LogP contribution is 2.40. The zero-order valence-corrected chi connectivity index (χ0v) is 12.1. The van der Waals surface area contributed by atoms with Gasteiger partial charge in [-0.15, -0.1) is 0 Å². The lowest BCUT2D eigenvalue weighted by Crippen LogP contribution is -2.19. The summed E-state index contributed by atoms with van der Waals surface area (Å²) in [6.07, 6.45) is 7.36. The predicted octanol–water partition coefficient (Wildman–Crippen LogP) is 4.95. The molecule has 0 saturated heterocycles. The molecule has 100 valence electrons.